The van der Waals surface area contributed by atoms with Crippen molar-refractivity contribution in [2.24, 2.45) is 0 Å². The fourth-order valence-corrected chi connectivity index (χ4v) is 4.59. The molecule has 0 amide bonds. The summed E-state index contributed by atoms with van der Waals surface area (Å²) in [5.74, 6) is -2.82. The number of hydrogen-bond donors (Lipinski definition) is 5. The van der Waals surface area contributed by atoms with E-state index in [9.17, 15) is 27.5 Å². The molecule has 0 aromatic heterocycles. The first-order chi connectivity index (χ1) is 17.1. The molecule has 184 valence electrons. The van der Waals surface area contributed by atoms with Crippen LogP contribution in [0.4, 0.5) is 15.8 Å². The Balaban J connectivity index is 1.78. The first kappa shape index (κ1) is 24.8. The Morgan fingerprint density at radius 2 is 1.47 bits per heavy atom. The molecule has 0 spiro atoms. The van der Waals surface area contributed by atoms with E-state index in [1.54, 1.807) is 24.3 Å². The molecule has 3 aromatic carbocycles. The number of carbonyl (C=O) groups is 2. The number of sulfonamides is 1. The molecule has 1 aliphatic heterocycles. The van der Waals surface area contributed by atoms with Gasteiger partial charge in [-0.05, 0) is 43.3 Å². The fourth-order valence-electron chi connectivity index (χ4n) is 3.47. The fraction of sp³-hybridized carbons (Fsp3) is 0.0800. The summed E-state index contributed by atoms with van der Waals surface area (Å²) in [4.78, 5) is 26.7. The van der Waals surface area contributed by atoms with Crippen LogP contribution in [0, 0.1) is 11.2 Å². The molecule has 11 heteroatoms. The monoisotopic (exact) mass is 508 g/mol. The van der Waals surface area contributed by atoms with E-state index >= 15 is 0 Å². The maximum absolute atomic E-state index is 13.9. The van der Waals surface area contributed by atoms with Gasteiger partial charge in [0.25, 0.3) is 10.0 Å². The zero-order chi connectivity index (χ0) is 26.0. The maximum Gasteiger partial charge on any atom is 0.262 e. The summed E-state index contributed by atoms with van der Waals surface area (Å²) in [6.07, 6.45) is -1.36. The van der Waals surface area contributed by atoms with Crippen molar-refractivity contribution in [1.82, 2.24) is 4.72 Å². The van der Waals surface area contributed by atoms with Crippen molar-refractivity contribution in [3.63, 3.8) is 0 Å². The number of aliphatic hydroxyl groups is 1. The molecule has 1 heterocycles. The van der Waals surface area contributed by atoms with Gasteiger partial charge in [0.15, 0.2) is 0 Å². The SMILES string of the molecule is C[C@@H](O)C(=N)NS(=O)(=O)c1cccc(C(=O)C(C(=O)c2cccc(F)c2)=C2Nc3ccccc3N2)c1. The van der Waals surface area contributed by atoms with Gasteiger partial charge in [0.1, 0.15) is 29.2 Å². The smallest absolute Gasteiger partial charge is 0.262 e. The second-order valence-electron chi connectivity index (χ2n) is 7.94. The van der Waals surface area contributed by atoms with Crippen molar-refractivity contribution in [2.75, 3.05) is 10.6 Å². The number of rotatable bonds is 7. The Kier molecular flexibility index (Phi) is 6.69. The highest BCUT2D eigenvalue weighted by Crippen LogP contribution is 2.33. The van der Waals surface area contributed by atoms with Crippen LogP contribution in [0.15, 0.2) is 89.1 Å². The third-order valence-electron chi connectivity index (χ3n) is 5.31. The van der Waals surface area contributed by atoms with Crippen LogP contribution in [0.5, 0.6) is 0 Å². The highest BCUT2D eigenvalue weighted by atomic mass is 32.2. The first-order valence-corrected chi connectivity index (χ1v) is 12.2. The van der Waals surface area contributed by atoms with E-state index in [0.717, 1.165) is 12.1 Å². The molecular formula is C25H21FN4O5S. The van der Waals surface area contributed by atoms with Gasteiger partial charge in [0.05, 0.1) is 16.3 Å². The standard InChI is InChI=1S/C25H21FN4O5S/c1-14(31)24(27)30-36(34,35)18-9-5-7-16(13-18)23(33)21(22(32)15-6-4-8-17(26)12-15)25-28-19-10-2-3-11-20(19)29-25/h2-14,28-29,31H,1H3,(H2,27,30)/t14-/m1/s1. The lowest BCUT2D eigenvalue weighted by Gasteiger charge is -2.13. The van der Waals surface area contributed by atoms with Crippen LogP contribution >= 0.6 is 0 Å². The third kappa shape index (κ3) is 5.02. The summed E-state index contributed by atoms with van der Waals surface area (Å²) in [6, 6.07) is 16.8. The number of anilines is 2. The van der Waals surface area contributed by atoms with Crippen LogP contribution in [-0.4, -0.2) is 37.0 Å². The Morgan fingerprint density at radius 3 is 2.03 bits per heavy atom. The largest absolute Gasteiger partial charge is 0.385 e. The molecule has 3 aromatic rings. The molecule has 0 saturated heterocycles. The van der Waals surface area contributed by atoms with Crippen LogP contribution in [0.2, 0.25) is 0 Å². The Morgan fingerprint density at radius 1 is 0.917 bits per heavy atom. The number of carbonyl (C=O) groups excluding carboxylic acids is 2. The van der Waals surface area contributed by atoms with E-state index in [-0.39, 0.29) is 27.4 Å². The number of para-hydroxylation sites is 2. The molecule has 4 rings (SSSR count). The second kappa shape index (κ2) is 9.72. The number of aliphatic hydroxyl groups excluding tert-OH is 1. The number of ketones is 2. The summed E-state index contributed by atoms with van der Waals surface area (Å²) in [5, 5.41) is 23.0. The number of Topliss-reactive ketones (excluding diaryl/α,β-unsaturated/α-hetero) is 2. The molecule has 0 aliphatic carbocycles. The third-order valence-corrected chi connectivity index (χ3v) is 6.67. The molecule has 9 nitrogen and oxygen atoms in total. The molecule has 0 radical (unpaired) electrons. The summed E-state index contributed by atoms with van der Waals surface area (Å²) in [5.41, 5.74) is 0.675. The van der Waals surface area contributed by atoms with Gasteiger partial charge in [-0.2, -0.15) is 0 Å². The quantitative estimate of drug-likeness (QED) is 0.0821. The Bertz CT molecular complexity index is 1510. The van der Waals surface area contributed by atoms with Crippen LogP contribution in [0.25, 0.3) is 0 Å². The van der Waals surface area contributed by atoms with Gasteiger partial charge in [0, 0.05) is 11.1 Å². The van der Waals surface area contributed by atoms with E-state index in [4.69, 9.17) is 5.41 Å². The molecule has 0 bridgehead atoms. The highest BCUT2D eigenvalue weighted by Gasteiger charge is 2.30. The highest BCUT2D eigenvalue weighted by molar-refractivity contribution is 7.90. The van der Waals surface area contributed by atoms with Crippen molar-refractivity contribution in [1.29, 1.82) is 5.41 Å². The van der Waals surface area contributed by atoms with Crippen molar-refractivity contribution in [2.45, 2.75) is 17.9 Å². The minimum Gasteiger partial charge on any atom is -0.385 e. The van der Waals surface area contributed by atoms with Gasteiger partial charge >= 0.3 is 0 Å². The zero-order valence-electron chi connectivity index (χ0n) is 18.9. The molecule has 36 heavy (non-hydrogen) atoms. The van der Waals surface area contributed by atoms with Crippen molar-refractivity contribution < 1.29 is 27.5 Å². The molecule has 0 unspecified atom stereocenters. The molecule has 5 N–H and O–H groups in total. The second-order valence-corrected chi connectivity index (χ2v) is 9.62. The molecular weight excluding hydrogens is 487 g/mol. The number of nitrogens with one attached hydrogen (secondary N) is 4. The minimum atomic E-state index is -4.30. The molecule has 1 atom stereocenters. The van der Waals surface area contributed by atoms with E-state index in [2.05, 4.69) is 10.6 Å². The summed E-state index contributed by atoms with van der Waals surface area (Å²) in [6.45, 7) is 1.22. The minimum absolute atomic E-state index is 0.0673. The van der Waals surface area contributed by atoms with Gasteiger partial charge in [-0.15, -0.1) is 0 Å². The summed E-state index contributed by atoms with van der Waals surface area (Å²) in [7, 11) is -4.30. The van der Waals surface area contributed by atoms with Crippen molar-refractivity contribution in [3.05, 3.63) is 101 Å². The number of halogens is 1. The zero-order valence-corrected chi connectivity index (χ0v) is 19.7. The van der Waals surface area contributed by atoms with E-state index in [1.165, 1.54) is 43.3 Å². The number of allylic oxidation sites excluding steroid dienone is 1. The van der Waals surface area contributed by atoms with Crippen LogP contribution in [0.1, 0.15) is 27.6 Å². The average Bonchev–Trinajstić information content (AvgIpc) is 3.27. The molecule has 0 fully saturated rings. The Hall–Kier alpha value is -4.35. The first-order valence-electron chi connectivity index (χ1n) is 10.7. The lowest BCUT2D eigenvalue weighted by molar-refractivity contribution is 0.0960. The maximum atomic E-state index is 13.9. The van der Waals surface area contributed by atoms with Crippen molar-refractivity contribution >= 4 is 38.8 Å². The predicted molar refractivity (Wildman–Crippen MR) is 132 cm³/mol. The molecule has 1 aliphatic rings. The average molecular weight is 509 g/mol. The lowest BCUT2D eigenvalue weighted by Crippen LogP contribution is -2.36. The van der Waals surface area contributed by atoms with Crippen LogP contribution in [-0.2, 0) is 10.0 Å². The number of amidine groups is 1. The summed E-state index contributed by atoms with van der Waals surface area (Å²) >= 11 is 0. The van der Waals surface area contributed by atoms with E-state index < -0.39 is 39.3 Å². The van der Waals surface area contributed by atoms with E-state index in [1.807, 2.05) is 4.72 Å². The number of hydrogen-bond acceptors (Lipinski definition) is 8. The van der Waals surface area contributed by atoms with Gasteiger partial charge in [-0.1, -0.05) is 36.4 Å². The topological polar surface area (TPSA) is 148 Å². The number of fused-ring (bicyclic) bond motifs is 1. The molecule has 0 saturated carbocycles. The van der Waals surface area contributed by atoms with Crippen LogP contribution in [0.3, 0.4) is 0 Å². The Labute approximate surface area is 206 Å². The summed E-state index contributed by atoms with van der Waals surface area (Å²) < 4.78 is 41.1. The van der Waals surface area contributed by atoms with Gasteiger partial charge in [-0.25, -0.2) is 12.8 Å². The lowest BCUT2D eigenvalue weighted by atomic mass is 9.95. The van der Waals surface area contributed by atoms with E-state index in [0.29, 0.717) is 11.4 Å². The van der Waals surface area contributed by atoms with Gasteiger partial charge in [0.2, 0.25) is 11.6 Å². The normalized spacial score (nSPS) is 13.1. The number of benzene rings is 3. The van der Waals surface area contributed by atoms with Gasteiger partial charge < -0.3 is 15.7 Å². The van der Waals surface area contributed by atoms with Crippen LogP contribution < -0.4 is 15.4 Å². The predicted octanol–water partition coefficient (Wildman–Crippen LogP) is 3.28. The van der Waals surface area contributed by atoms with Gasteiger partial charge in [-0.3, -0.25) is 19.7 Å². The van der Waals surface area contributed by atoms with Crippen molar-refractivity contribution in [3.8, 4) is 0 Å².